The molecule has 78 valence electrons. The van der Waals surface area contributed by atoms with Crippen molar-refractivity contribution in [1.82, 2.24) is 0 Å². The number of halogens is 1. The van der Waals surface area contributed by atoms with E-state index in [0.717, 1.165) is 27.2 Å². The third-order valence-electron chi connectivity index (χ3n) is 2.42. The van der Waals surface area contributed by atoms with Crippen molar-refractivity contribution >= 4 is 27.8 Å². The van der Waals surface area contributed by atoms with Crippen LogP contribution in [0.4, 0.5) is 5.69 Å². The van der Waals surface area contributed by atoms with Crippen molar-refractivity contribution in [3.8, 4) is 11.5 Å². The van der Waals surface area contributed by atoms with E-state index in [1.807, 2.05) is 48.7 Å². The molecule has 2 aromatic carbocycles. The van der Waals surface area contributed by atoms with Gasteiger partial charge in [-0.15, -0.1) is 0 Å². The Morgan fingerprint density at radius 3 is 2.81 bits per heavy atom. The monoisotopic (exact) mass is 273 g/mol. The van der Waals surface area contributed by atoms with Gasteiger partial charge in [0, 0.05) is 11.8 Å². The second-order valence-corrected chi connectivity index (χ2v) is 4.34. The third-order valence-corrected chi connectivity index (χ3v) is 3.04. The summed E-state index contributed by atoms with van der Waals surface area (Å²) < 4.78 is 6.80. The SMILES string of the molecule is Brc1cccc2c1Oc1ccccc1N=C2. The fraction of sp³-hybridized carbons (Fsp3) is 0. The molecule has 16 heavy (non-hydrogen) atoms. The molecule has 1 aliphatic heterocycles. The van der Waals surface area contributed by atoms with Gasteiger partial charge in [-0.2, -0.15) is 0 Å². The molecule has 0 spiro atoms. The Balaban J connectivity index is 2.22. The lowest BCUT2D eigenvalue weighted by Crippen LogP contribution is -1.88. The van der Waals surface area contributed by atoms with E-state index in [2.05, 4.69) is 20.9 Å². The topological polar surface area (TPSA) is 21.6 Å². The average Bonchev–Trinajstić information content (AvgIpc) is 2.50. The molecule has 0 unspecified atom stereocenters. The third kappa shape index (κ3) is 1.53. The first-order valence-corrected chi connectivity index (χ1v) is 5.73. The van der Waals surface area contributed by atoms with Crippen molar-refractivity contribution < 1.29 is 4.74 Å². The summed E-state index contributed by atoms with van der Waals surface area (Å²) in [4.78, 5) is 4.40. The molecule has 1 heterocycles. The Hall–Kier alpha value is -1.61. The van der Waals surface area contributed by atoms with E-state index in [1.165, 1.54) is 0 Å². The first kappa shape index (κ1) is 9.60. The minimum Gasteiger partial charge on any atom is -0.453 e. The van der Waals surface area contributed by atoms with Crippen LogP contribution < -0.4 is 4.74 Å². The highest BCUT2D eigenvalue weighted by atomic mass is 79.9. The maximum Gasteiger partial charge on any atom is 0.153 e. The normalized spacial score (nSPS) is 12.3. The summed E-state index contributed by atoms with van der Waals surface area (Å²) in [7, 11) is 0. The standard InChI is InChI=1S/C13H8BrNO/c14-10-5-3-4-9-8-15-11-6-1-2-7-12(11)16-13(9)10/h1-8H. The number of hydrogen-bond acceptors (Lipinski definition) is 2. The van der Waals surface area contributed by atoms with Crippen LogP contribution in [0.2, 0.25) is 0 Å². The lowest BCUT2D eigenvalue weighted by molar-refractivity contribution is 0.482. The van der Waals surface area contributed by atoms with Crippen LogP contribution in [0, 0.1) is 0 Å². The van der Waals surface area contributed by atoms with Gasteiger partial charge in [0.1, 0.15) is 11.4 Å². The van der Waals surface area contributed by atoms with E-state index >= 15 is 0 Å². The highest BCUT2D eigenvalue weighted by Crippen LogP contribution is 2.39. The number of fused-ring (bicyclic) bond motifs is 2. The molecule has 1 aliphatic rings. The molecule has 0 N–H and O–H groups in total. The molecule has 3 heteroatoms. The number of hydrogen-bond donors (Lipinski definition) is 0. The first-order chi connectivity index (χ1) is 7.84. The number of rotatable bonds is 0. The van der Waals surface area contributed by atoms with E-state index < -0.39 is 0 Å². The highest BCUT2D eigenvalue weighted by Gasteiger charge is 2.13. The second-order valence-electron chi connectivity index (χ2n) is 3.49. The van der Waals surface area contributed by atoms with Crippen LogP contribution in [0.5, 0.6) is 11.5 Å². The largest absolute Gasteiger partial charge is 0.453 e. The molecule has 3 rings (SSSR count). The lowest BCUT2D eigenvalue weighted by atomic mass is 10.2. The molecule has 0 aliphatic carbocycles. The number of nitrogens with zero attached hydrogens (tertiary/aromatic N) is 1. The maximum atomic E-state index is 5.86. The van der Waals surface area contributed by atoms with E-state index in [1.54, 1.807) is 0 Å². The van der Waals surface area contributed by atoms with Crippen LogP contribution in [0.3, 0.4) is 0 Å². The molecule has 0 radical (unpaired) electrons. The number of ether oxygens (including phenoxy) is 1. The summed E-state index contributed by atoms with van der Waals surface area (Å²) in [6.07, 6.45) is 1.83. The van der Waals surface area contributed by atoms with Crippen LogP contribution in [0.1, 0.15) is 5.56 Å². The van der Waals surface area contributed by atoms with Crippen LogP contribution >= 0.6 is 15.9 Å². The van der Waals surface area contributed by atoms with Gasteiger partial charge in [0.15, 0.2) is 5.75 Å². The van der Waals surface area contributed by atoms with Crippen LogP contribution in [0.25, 0.3) is 0 Å². The summed E-state index contributed by atoms with van der Waals surface area (Å²) in [5.74, 6) is 1.60. The second kappa shape index (κ2) is 3.76. The Kier molecular flexibility index (Phi) is 2.26. The minimum absolute atomic E-state index is 0.782. The Bertz CT molecular complexity index is 578. The number of benzene rings is 2. The van der Waals surface area contributed by atoms with Gasteiger partial charge in [-0.3, -0.25) is 4.99 Å². The van der Waals surface area contributed by atoms with Crippen LogP contribution in [-0.4, -0.2) is 6.21 Å². The van der Waals surface area contributed by atoms with Crippen molar-refractivity contribution in [3.63, 3.8) is 0 Å². The molecule has 0 atom stereocenters. The molecule has 2 nitrogen and oxygen atoms in total. The Labute approximate surface area is 102 Å². The van der Waals surface area contributed by atoms with Gasteiger partial charge in [-0.25, -0.2) is 0 Å². The molecular weight excluding hydrogens is 266 g/mol. The van der Waals surface area contributed by atoms with Gasteiger partial charge in [0.05, 0.1) is 4.47 Å². The molecule has 0 saturated carbocycles. The molecule has 0 amide bonds. The van der Waals surface area contributed by atoms with Gasteiger partial charge in [0.25, 0.3) is 0 Å². The van der Waals surface area contributed by atoms with Gasteiger partial charge in [-0.05, 0) is 40.2 Å². The number of aliphatic imine (C=N–C) groups is 1. The zero-order valence-electron chi connectivity index (χ0n) is 8.35. The van der Waals surface area contributed by atoms with Crippen molar-refractivity contribution in [1.29, 1.82) is 0 Å². The molecular formula is C13H8BrNO. The highest BCUT2D eigenvalue weighted by molar-refractivity contribution is 9.10. The van der Waals surface area contributed by atoms with Gasteiger partial charge >= 0.3 is 0 Å². The number of para-hydroxylation sites is 3. The summed E-state index contributed by atoms with van der Waals surface area (Å²) >= 11 is 3.48. The lowest BCUT2D eigenvalue weighted by Gasteiger charge is -2.08. The van der Waals surface area contributed by atoms with Crippen molar-refractivity contribution in [2.45, 2.75) is 0 Å². The Morgan fingerprint density at radius 1 is 1.00 bits per heavy atom. The fourth-order valence-corrected chi connectivity index (χ4v) is 2.10. The smallest absolute Gasteiger partial charge is 0.153 e. The van der Waals surface area contributed by atoms with Gasteiger partial charge in [-0.1, -0.05) is 18.2 Å². The predicted octanol–water partition coefficient (Wildman–Crippen LogP) is 4.31. The van der Waals surface area contributed by atoms with E-state index in [-0.39, 0.29) is 0 Å². The molecule has 0 fully saturated rings. The molecule has 0 bridgehead atoms. The van der Waals surface area contributed by atoms with E-state index in [0.29, 0.717) is 0 Å². The summed E-state index contributed by atoms with van der Waals surface area (Å²) in [6.45, 7) is 0. The average molecular weight is 274 g/mol. The summed E-state index contributed by atoms with van der Waals surface area (Å²) in [5, 5.41) is 0. The molecule has 0 aromatic heterocycles. The maximum absolute atomic E-state index is 5.86. The van der Waals surface area contributed by atoms with Crippen molar-refractivity contribution in [2.75, 3.05) is 0 Å². The molecule has 0 saturated heterocycles. The quantitative estimate of drug-likeness (QED) is 0.598. The van der Waals surface area contributed by atoms with E-state index in [9.17, 15) is 0 Å². The summed E-state index contributed by atoms with van der Waals surface area (Å²) in [6, 6.07) is 13.7. The van der Waals surface area contributed by atoms with Crippen LogP contribution in [-0.2, 0) is 0 Å². The van der Waals surface area contributed by atoms with Gasteiger partial charge in [0.2, 0.25) is 0 Å². The minimum atomic E-state index is 0.782. The molecule has 2 aromatic rings. The van der Waals surface area contributed by atoms with Gasteiger partial charge < -0.3 is 4.74 Å². The fourth-order valence-electron chi connectivity index (χ4n) is 1.63. The van der Waals surface area contributed by atoms with Crippen molar-refractivity contribution in [2.24, 2.45) is 4.99 Å². The zero-order chi connectivity index (χ0) is 11.0. The Morgan fingerprint density at radius 2 is 1.88 bits per heavy atom. The van der Waals surface area contributed by atoms with Crippen molar-refractivity contribution in [3.05, 3.63) is 52.5 Å². The summed E-state index contributed by atoms with van der Waals surface area (Å²) in [5.41, 5.74) is 1.83. The first-order valence-electron chi connectivity index (χ1n) is 4.94. The van der Waals surface area contributed by atoms with E-state index in [4.69, 9.17) is 4.74 Å². The zero-order valence-corrected chi connectivity index (χ0v) is 9.94. The predicted molar refractivity (Wildman–Crippen MR) is 67.9 cm³/mol. The van der Waals surface area contributed by atoms with Crippen LogP contribution in [0.15, 0.2) is 51.9 Å².